The van der Waals surface area contributed by atoms with Gasteiger partial charge in [-0.15, -0.1) is 10.8 Å². The fourth-order valence-corrected chi connectivity index (χ4v) is 0.301. The van der Waals surface area contributed by atoms with Gasteiger partial charge in [0.1, 0.15) is 6.54 Å². The summed E-state index contributed by atoms with van der Waals surface area (Å²) in [6.45, 7) is 1.54. The minimum Gasteiger partial charge on any atom is -0.350 e. The second-order valence-corrected chi connectivity index (χ2v) is 1.40. The van der Waals surface area contributed by atoms with Gasteiger partial charge in [-0.3, -0.25) is 0 Å². The van der Waals surface area contributed by atoms with Crippen LogP contribution in [0.4, 0.5) is 4.79 Å². The lowest BCUT2D eigenvalue weighted by molar-refractivity contribution is 0.215. The minimum atomic E-state index is -0.891. The number of amides is 2. The minimum absolute atomic E-state index is 0.0463. The molecule has 0 heterocycles. The van der Waals surface area contributed by atoms with E-state index < -0.39 is 6.03 Å². The largest absolute Gasteiger partial charge is 0.350 e. The highest BCUT2D eigenvalue weighted by Gasteiger charge is 2.05. The van der Waals surface area contributed by atoms with Gasteiger partial charge < -0.3 is 5.73 Å². The Morgan fingerprint density at radius 3 is 2.70 bits per heavy atom. The molecule has 54 valence electrons. The second-order valence-electron chi connectivity index (χ2n) is 1.40. The summed E-state index contributed by atoms with van der Waals surface area (Å²) in [5, 5.41) is 2.87. The molecule has 0 spiro atoms. The first kappa shape index (κ1) is 8.43. The lowest BCUT2D eigenvalue weighted by Crippen LogP contribution is -2.30. The van der Waals surface area contributed by atoms with Crippen LogP contribution in [-0.2, 0) is 0 Å². The molecule has 0 unspecified atom stereocenters. The highest BCUT2D eigenvalue weighted by Crippen LogP contribution is 1.84. The monoisotopic (exact) mass is 141 g/mol. The first-order chi connectivity index (χ1) is 4.72. The Morgan fingerprint density at radius 2 is 2.40 bits per heavy atom. The summed E-state index contributed by atoms with van der Waals surface area (Å²) >= 11 is 0. The summed E-state index contributed by atoms with van der Waals surface area (Å²) in [4.78, 5) is 20.0. The van der Waals surface area contributed by atoms with Gasteiger partial charge in [-0.2, -0.15) is 5.01 Å². The van der Waals surface area contributed by atoms with E-state index in [1.807, 2.05) is 0 Å². The zero-order chi connectivity index (χ0) is 7.98. The third kappa shape index (κ3) is 2.67. The predicted octanol–water partition coefficient (Wildman–Crippen LogP) is 0.0718. The number of nitrogens with zero attached hydrogens (tertiary/aromatic N) is 2. The van der Waals surface area contributed by atoms with E-state index in [1.165, 1.54) is 0 Å². The lowest BCUT2D eigenvalue weighted by atomic mass is 10.6. The fraction of sp³-hybridized carbons (Fsp3) is 0.400. The molecule has 0 bridgehead atoms. The van der Waals surface area contributed by atoms with Crippen LogP contribution in [0.1, 0.15) is 6.92 Å². The molecule has 2 amide bonds. The van der Waals surface area contributed by atoms with Gasteiger partial charge in [0, 0.05) is 0 Å². The first-order valence-electron chi connectivity index (χ1n) is 2.52. The summed E-state index contributed by atoms with van der Waals surface area (Å²) < 4.78 is 0. The number of carbonyl (C=O) groups is 1. The highest BCUT2D eigenvalue weighted by atomic mass is 16.3. The van der Waals surface area contributed by atoms with E-state index >= 15 is 0 Å². The van der Waals surface area contributed by atoms with E-state index in [4.69, 9.17) is 5.73 Å². The lowest BCUT2D eigenvalue weighted by Gasteiger charge is -2.03. The quantitative estimate of drug-likeness (QED) is 0.335. The Balaban J connectivity index is 3.91. The molecule has 0 radical (unpaired) electrons. The van der Waals surface area contributed by atoms with Crippen molar-refractivity contribution >= 4 is 6.03 Å². The van der Waals surface area contributed by atoms with E-state index in [2.05, 4.69) is 17.1 Å². The average molecular weight is 141 g/mol. The van der Waals surface area contributed by atoms with Crippen LogP contribution in [0.25, 0.3) is 0 Å². The summed E-state index contributed by atoms with van der Waals surface area (Å²) in [6.07, 6.45) is 0. The number of urea groups is 1. The van der Waals surface area contributed by atoms with Gasteiger partial charge in [0.15, 0.2) is 0 Å². The molecule has 0 aliphatic carbocycles. The van der Waals surface area contributed by atoms with Crippen LogP contribution in [0.5, 0.6) is 0 Å². The van der Waals surface area contributed by atoms with Crippen LogP contribution in [0.2, 0.25) is 0 Å². The second kappa shape index (κ2) is 4.32. The molecule has 0 aromatic heterocycles. The number of hydrogen-bond donors (Lipinski definition) is 1. The normalized spacial score (nSPS) is 7.30. The van der Waals surface area contributed by atoms with Crippen LogP contribution < -0.4 is 5.73 Å². The smallest absolute Gasteiger partial charge is 0.338 e. The van der Waals surface area contributed by atoms with Crippen molar-refractivity contribution in [2.24, 2.45) is 11.0 Å². The van der Waals surface area contributed by atoms with E-state index in [1.54, 1.807) is 6.92 Å². The Kier molecular flexibility index (Phi) is 3.64. The highest BCUT2D eigenvalue weighted by molar-refractivity contribution is 5.71. The molecule has 5 nitrogen and oxygen atoms in total. The molecule has 0 aromatic rings. The number of rotatable bonds is 2. The molecule has 10 heavy (non-hydrogen) atoms. The number of hydrogen-bond acceptors (Lipinski definition) is 3. The van der Waals surface area contributed by atoms with Gasteiger partial charge in [-0.25, -0.2) is 4.79 Å². The first-order valence-corrected chi connectivity index (χ1v) is 2.52. The van der Waals surface area contributed by atoms with Crippen molar-refractivity contribution in [3.05, 3.63) is 4.91 Å². The van der Waals surface area contributed by atoms with Crippen molar-refractivity contribution in [1.29, 1.82) is 0 Å². The van der Waals surface area contributed by atoms with Crippen molar-refractivity contribution in [2.75, 3.05) is 6.54 Å². The van der Waals surface area contributed by atoms with Crippen molar-refractivity contribution in [3.8, 4) is 11.8 Å². The van der Waals surface area contributed by atoms with E-state index in [0.29, 0.717) is 5.01 Å². The molecule has 0 atom stereocenters. The van der Waals surface area contributed by atoms with Crippen LogP contribution >= 0.6 is 0 Å². The molecule has 0 rings (SSSR count). The van der Waals surface area contributed by atoms with Crippen LogP contribution in [0.15, 0.2) is 5.29 Å². The standard InChI is InChI=1S/C5H7N3O2/c1-2-3-4-8(7-10)5(6)9/h4H2,1H3,(H2,6,9). The number of carbonyl (C=O) groups excluding carboxylic acids is 1. The summed E-state index contributed by atoms with van der Waals surface area (Å²) in [5.41, 5.74) is 4.71. The third-order valence-electron chi connectivity index (χ3n) is 0.759. The summed E-state index contributed by atoms with van der Waals surface area (Å²) in [5.74, 6) is 4.95. The van der Waals surface area contributed by atoms with Crippen molar-refractivity contribution in [1.82, 2.24) is 5.01 Å². The maximum Gasteiger partial charge on any atom is 0.338 e. The maximum absolute atomic E-state index is 10.2. The summed E-state index contributed by atoms with van der Waals surface area (Å²) in [7, 11) is 0. The molecule has 5 heteroatoms. The average Bonchev–Trinajstić information content (AvgIpc) is 1.89. The summed E-state index contributed by atoms with van der Waals surface area (Å²) in [6, 6.07) is -0.891. The van der Waals surface area contributed by atoms with Crippen molar-refractivity contribution < 1.29 is 4.79 Å². The van der Waals surface area contributed by atoms with Crippen molar-refractivity contribution in [2.45, 2.75) is 6.92 Å². The number of nitroso groups, excluding NO2 is 1. The molecular formula is C5H7N3O2. The zero-order valence-electron chi connectivity index (χ0n) is 5.50. The van der Waals surface area contributed by atoms with Crippen LogP contribution in [0, 0.1) is 16.7 Å². The molecule has 0 saturated carbocycles. The van der Waals surface area contributed by atoms with Gasteiger partial charge in [0.05, 0.1) is 5.29 Å². The molecular weight excluding hydrogens is 134 g/mol. The Hall–Kier alpha value is -1.57. The molecule has 0 aliphatic rings. The van der Waals surface area contributed by atoms with Gasteiger partial charge in [0.2, 0.25) is 0 Å². The maximum atomic E-state index is 10.2. The molecule has 0 aliphatic heterocycles. The van der Waals surface area contributed by atoms with Gasteiger partial charge >= 0.3 is 6.03 Å². The van der Waals surface area contributed by atoms with Gasteiger partial charge in [0.25, 0.3) is 0 Å². The molecule has 0 saturated heterocycles. The predicted molar refractivity (Wildman–Crippen MR) is 35.5 cm³/mol. The van der Waals surface area contributed by atoms with E-state index in [9.17, 15) is 9.70 Å². The Labute approximate surface area is 58.1 Å². The molecule has 0 aromatic carbocycles. The van der Waals surface area contributed by atoms with Crippen molar-refractivity contribution in [3.63, 3.8) is 0 Å². The van der Waals surface area contributed by atoms with Crippen LogP contribution in [-0.4, -0.2) is 17.6 Å². The Bertz CT molecular complexity index is 191. The van der Waals surface area contributed by atoms with E-state index in [0.717, 1.165) is 0 Å². The van der Waals surface area contributed by atoms with Gasteiger partial charge in [-0.05, 0) is 6.92 Å². The Morgan fingerprint density at radius 1 is 1.80 bits per heavy atom. The molecule has 2 N–H and O–H groups in total. The van der Waals surface area contributed by atoms with Gasteiger partial charge in [-0.1, -0.05) is 5.92 Å². The zero-order valence-corrected chi connectivity index (χ0v) is 5.50. The number of primary amides is 1. The third-order valence-corrected chi connectivity index (χ3v) is 0.759. The van der Waals surface area contributed by atoms with E-state index in [-0.39, 0.29) is 6.54 Å². The SMILES string of the molecule is CC#CCN(N=O)C(N)=O. The fourth-order valence-electron chi connectivity index (χ4n) is 0.301. The number of nitrogens with two attached hydrogens (primary N) is 1. The van der Waals surface area contributed by atoms with Crippen LogP contribution in [0.3, 0.4) is 0 Å². The topological polar surface area (TPSA) is 75.8 Å². The molecule has 0 fully saturated rings.